The van der Waals surface area contributed by atoms with E-state index in [0.717, 1.165) is 30.9 Å². The van der Waals surface area contributed by atoms with Crippen LogP contribution in [0.4, 0.5) is 5.69 Å². The molecule has 0 aliphatic carbocycles. The summed E-state index contributed by atoms with van der Waals surface area (Å²) in [5.41, 5.74) is 2.01. The molecule has 8 nitrogen and oxygen atoms in total. The predicted molar refractivity (Wildman–Crippen MR) is 131 cm³/mol. The first-order valence-corrected chi connectivity index (χ1v) is 12.7. The van der Waals surface area contributed by atoms with Gasteiger partial charge in [-0.3, -0.25) is 9.78 Å². The van der Waals surface area contributed by atoms with Gasteiger partial charge in [0.15, 0.2) is 0 Å². The van der Waals surface area contributed by atoms with Crippen molar-refractivity contribution in [1.82, 2.24) is 19.5 Å². The maximum Gasteiger partial charge on any atom is 0.254 e. The minimum atomic E-state index is -3.82. The van der Waals surface area contributed by atoms with Crippen molar-refractivity contribution in [3.8, 4) is 0 Å². The van der Waals surface area contributed by atoms with E-state index in [0.29, 0.717) is 30.9 Å². The lowest BCUT2D eigenvalue weighted by molar-refractivity contribution is 0.0762. The number of nitrogens with one attached hydrogen (secondary N) is 2. The Morgan fingerprint density at radius 1 is 1.09 bits per heavy atom. The zero-order valence-electron chi connectivity index (χ0n) is 20.2. The fourth-order valence-corrected chi connectivity index (χ4v) is 5.25. The second-order valence-electron chi connectivity index (χ2n) is 9.67. The van der Waals surface area contributed by atoms with Gasteiger partial charge >= 0.3 is 0 Å². The SMILES string of the molecule is Cc1cccc(CNc2cc(C(=O)N3CCCN(C)CC3)cc(S(=O)(=O)NC(C)(C)C)c2)n1. The lowest BCUT2D eigenvalue weighted by Gasteiger charge is -2.23. The van der Waals surface area contributed by atoms with Crippen LogP contribution in [0.5, 0.6) is 0 Å². The quantitative estimate of drug-likeness (QED) is 0.670. The number of likely N-dealkylation sites (N-methyl/N-ethyl adjacent to an activating group) is 1. The fraction of sp³-hybridized carbons (Fsp3) is 0.500. The second-order valence-corrected chi connectivity index (χ2v) is 11.4. The fourth-order valence-electron chi connectivity index (χ4n) is 3.76. The molecule has 0 radical (unpaired) electrons. The Bertz CT molecular complexity index is 1100. The maximum absolute atomic E-state index is 13.3. The van der Waals surface area contributed by atoms with E-state index in [9.17, 15) is 13.2 Å². The van der Waals surface area contributed by atoms with Gasteiger partial charge in [-0.05, 0) is 78.0 Å². The van der Waals surface area contributed by atoms with Crippen molar-refractivity contribution in [3.63, 3.8) is 0 Å². The molecular formula is C24H35N5O3S. The minimum Gasteiger partial charge on any atom is -0.379 e. The van der Waals surface area contributed by atoms with E-state index in [-0.39, 0.29) is 10.8 Å². The number of carbonyl (C=O) groups excluding carboxylic acids is 1. The predicted octanol–water partition coefficient (Wildman–Crippen LogP) is 2.86. The highest BCUT2D eigenvalue weighted by Crippen LogP contribution is 2.23. The topological polar surface area (TPSA) is 94.6 Å². The van der Waals surface area contributed by atoms with Gasteiger partial charge in [0.2, 0.25) is 10.0 Å². The summed E-state index contributed by atoms with van der Waals surface area (Å²) in [6.07, 6.45) is 0.885. The van der Waals surface area contributed by atoms with Crippen LogP contribution in [0.2, 0.25) is 0 Å². The van der Waals surface area contributed by atoms with Gasteiger partial charge in [0.1, 0.15) is 0 Å². The Kier molecular flexibility index (Phi) is 7.76. The number of aryl methyl sites for hydroxylation is 1. The molecule has 1 amide bonds. The van der Waals surface area contributed by atoms with E-state index in [1.54, 1.807) is 37.8 Å². The molecule has 1 aliphatic heterocycles. The zero-order chi connectivity index (χ0) is 24.2. The molecule has 0 atom stereocenters. The molecule has 33 heavy (non-hydrogen) atoms. The molecule has 0 spiro atoms. The van der Waals surface area contributed by atoms with Crippen LogP contribution in [-0.2, 0) is 16.6 Å². The van der Waals surface area contributed by atoms with Crippen LogP contribution in [0, 0.1) is 6.92 Å². The van der Waals surface area contributed by atoms with E-state index >= 15 is 0 Å². The zero-order valence-corrected chi connectivity index (χ0v) is 21.0. The lowest BCUT2D eigenvalue weighted by atomic mass is 10.1. The van der Waals surface area contributed by atoms with Gasteiger partial charge in [-0.15, -0.1) is 0 Å². The minimum absolute atomic E-state index is 0.0647. The highest BCUT2D eigenvalue weighted by atomic mass is 32.2. The molecule has 3 rings (SSSR count). The number of amides is 1. The number of hydrogen-bond donors (Lipinski definition) is 2. The first kappa shape index (κ1) is 25.1. The van der Waals surface area contributed by atoms with Crippen molar-refractivity contribution >= 4 is 21.6 Å². The van der Waals surface area contributed by atoms with Crippen LogP contribution in [0.1, 0.15) is 48.9 Å². The van der Waals surface area contributed by atoms with Gasteiger partial charge in [-0.1, -0.05) is 6.07 Å². The molecule has 1 saturated heterocycles. The highest BCUT2D eigenvalue weighted by Gasteiger charge is 2.25. The number of anilines is 1. The molecule has 180 valence electrons. The van der Waals surface area contributed by atoms with E-state index in [1.165, 1.54) is 6.07 Å². The monoisotopic (exact) mass is 473 g/mol. The third-order valence-electron chi connectivity index (χ3n) is 5.33. The second kappa shape index (κ2) is 10.2. The van der Waals surface area contributed by atoms with Crippen molar-refractivity contribution in [1.29, 1.82) is 0 Å². The van der Waals surface area contributed by atoms with Gasteiger partial charge in [0.25, 0.3) is 5.91 Å². The molecule has 0 bridgehead atoms. The molecule has 1 aromatic carbocycles. The van der Waals surface area contributed by atoms with Crippen molar-refractivity contribution in [2.75, 3.05) is 38.5 Å². The first-order chi connectivity index (χ1) is 15.4. The van der Waals surface area contributed by atoms with Gasteiger partial charge in [0.05, 0.1) is 17.1 Å². The van der Waals surface area contributed by atoms with E-state index in [4.69, 9.17) is 0 Å². The molecule has 1 fully saturated rings. The van der Waals surface area contributed by atoms with Crippen LogP contribution < -0.4 is 10.0 Å². The molecule has 1 aliphatic rings. The summed E-state index contributed by atoms with van der Waals surface area (Å²) in [6.45, 7) is 10.7. The Hall–Kier alpha value is -2.49. The number of nitrogens with zero attached hydrogens (tertiary/aromatic N) is 3. The number of carbonyl (C=O) groups is 1. The van der Waals surface area contributed by atoms with Crippen LogP contribution in [0.15, 0.2) is 41.3 Å². The molecule has 2 heterocycles. The van der Waals surface area contributed by atoms with Crippen molar-refractivity contribution in [3.05, 3.63) is 53.3 Å². The van der Waals surface area contributed by atoms with Crippen LogP contribution in [0.25, 0.3) is 0 Å². The average Bonchev–Trinajstić information content (AvgIpc) is 2.94. The van der Waals surface area contributed by atoms with Crippen LogP contribution >= 0.6 is 0 Å². The van der Waals surface area contributed by atoms with Crippen molar-refractivity contribution in [2.24, 2.45) is 0 Å². The summed E-state index contributed by atoms with van der Waals surface area (Å²) in [4.78, 5) is 21.9. The Balaban J connectivity index is 1.93. The summed E-state index contributed by atoms with van der Waals surface area (Å²) < 4.78 is 28.9. The number of sulfonamides is 1. The van der Waals surface area contributed by atoms with Crippen molar-refractivity contribution in [2.45, 2.75) is 51.1 Å². The molecular weight excluding hydrogens is 438 g/mol. The summed E-state index contributed by atoms with van der Waals surface area (Å²) in [6, 6.07) is 10.5. The van der Waals surface area contributed by atoms with E-state index in [1.807, 2.05) is 32.2 Å². The summed E-state index contributed by atoms with van der Waals surface area (Å²) in [5.74, 6) is -0.158. The van der Waals surface area contributed by atoms with Gasteiger partial charge in [-0.2, -0.15) is 0 Å². The van der Waals surface area contributed by atoms with E-state index in [2.05, 4.69) is 19.9 Å². The number of hydrogen-bond acceptors (Lipinski definition) is 6. The standard InChI is InChI=1S/C24H35N5O3S/c1-18-8-6-9-20(26-18)17-25-21-14-19(23(30)29-11-7-10-28(5)12-13-29)15-22(16-21)33(31,32)27-24(2,3)4/h6,8-9,14-16,25,27H,7,10-13,17H2,1-5H3. The van der Waals surface area contributed by atoms with Crippen LogP contribution in [0.3, 0.4) is 0 Å². The molecule has 0 saturated carbocycles. The Morgan fingerprint density at radius 2 is 1.85 bits per heavy atom. The maximum atomic E-state index is 13.3. The largest absolute Gasteiger partial charge is 0.379 e. The average molecular weight is 474 g/mol. The number of aromatic nitrogens is 1. The van der Waals surface area contributed by atoms with Gasteiger partial charge < -0.3 is 15.1 Å². The third kappa shape index (κ3) is 7.25. The Morgan fingerprint density at radius 3 is 2.55 bits per heavy atom. The Labute approximate surface area is 197 Å². The lowest BCUT2D eigenvalue weighted by Crippen LogP contribution is -2.40. The smallest absolute Gasteiger partial charge is 0.254 e. The molecule has 2 N–H and O–H groups in total. The summed E-state index contributed by atoms with van der Waals surface area (Å²) >= 11 is 0. The summed E-state index contributed by atoms with van der Waals surface area (Å²) in [5, 5.41) is 3.25. The molecule has 9 heteroatoms. The highest BCUT2D eigenvalue weighted by molar-refractivity contribution is 7.89. The number of rotatable bonds is 6. The molecule has 2 aromatic rings. The van der Waals surface area contributed by atoms with Crippen molar-refractivity contribution < 1.29 is 13.2 Å². The van der Waals surface area contributed by atoms with Gasteiger partial charge in [0, 0.05) is 42.1 Å². The normalized spacial score (nSPS) is 15.8. The number of benzene rings is 1. The third-order valence-corrected chi connectivity index (χ3v) is 7.07. The van der Waals surface area contributed by atoms with Crippen LogP contribution in [-0.4, -0.2) is 67.9 Å². The summed E-state index contributed by atoms with van der Waals surface area (Å²) in [7, 11) is -1.78. The molecule has 1 aromatic heterocycles. The van der Waals surface area contributed by atoms with E-state index < -0.39 is 15.6 Å². The number of pyridine rings is 1. The first-order valence-electron chi connectivity index (χ1n) is 11.3. The molecule has 0 unspecified atom stereocenters. The van der Waals surface area contributed by atoms with Gasteiger partial charge in [-0.25, -0.2) is 13.1 Å².